The molecule has 7 nitrogen and oxygen atoms in total. The quantitative estimate of drug-likeness (QED) is 0.506. The van der Waals surface area contributed by atoms with Crippen molar-refractivity contribution in [1.82, 2.24) is 15.0 Å². The van der Waals surface area contributed by atoms with Crippen LogP contribution in [0, 0.1) is 17.0 Å². The maximum absolute atomic E-state index is 11.0. The monoisotopic (exact) mass is 383 g/mol. The standard InChI is InChI=1S/C19H21N5O2S/c1-12-8-16(20-10-14-11-27-18(22-14)19(2,3)4)23-17(21-12)13-6-5-7-15(9-13)24(25)26/h5-9,11H,10H2,1-4H3,(H,20,21,23). The Morgan fingerprint density at radius 3 is 2.63 bits per heavy atom. The first-order valence-electron chi connectivity index (χ1n) is 8.51. The molecule has 0 saturated heterocycles. The number of aromatic nitrogens is 3. The van der Waals surface area contributed by atoms with Gasteiger partial charge in [-0.2, -0.15) is 0 Å². The van der Waals surface area contributed by atoms with Gasteiger partial charge in [-0.15, -0.1) is 11.3 Å². The third kappa shape index (κ3) is 4.65. The highest BCUT2D eigenvalue weighted by Crippen LogP contribution is 2.26. The van der Waals surface area contributed by atoms with E-state index in [2.05, 4.69) is 41.0 Å². The second kappa shape index (κ2) is 7.40. The van der Waals surface area contributed by atoms with Gasteiger partial charge in [0.05, 0.1) is 22.2 Å². The van der Waals surface area contributed by atoms with Crippen molar-refractivity contribution in [1.29, 1.82) is 0 Å². The number of rotatable bonds is 5. The fraction of sp³-hybridized carbons (Fsp3) is 0.316. The van der Waals surface area contributed by atoms with Gasteiger partial charge in [-0.1, -0.05) is 32.9 Å². The zero-order valence-corrected chi connectivity index (χ0v) is 16.5. The first-order valence-corrected chi connectivity index (χ1v) is 9.39. The van der Waals surface area contributed by atoms with E-state index in [9.17, 15) is 10.1 Å². The Morgan fingerprint density at radius 1 is 1.19 bits per heavy atom. The summed E-state index contributed by atoms with van der Waals surface area (Å²) in [6.07, 6.45) is 0. The van der Waals surface area contributed by atoms with Gasteiger partial charge in [0.2, 0.25) is 0 Å². The van der Waals surface area contributed by atoms with Gasteiger partial charge in [-0.3, -0.25) is 10.1 Å². The maximum Gasteiger partial charge on any atom is 0.270 e. The van der Waals surface area contributed by atoms with Gasteiger partial charge in [0, 0.05) is 40.3 Å². The van der Waals surface area contributed by atoms with E-state index in [0.29, 0.717) is 23.8 Å². The Bertz CT molecular complexity index is 978. The minimum atomic E-state index is -0.423. The lowest BCUT2D eigenvalue weighted by Crippen LogP contribution is -2.11. The highest BCUT2D eigenvalue weighted by atomic mass is 32.1. The third-order valence-electron chi connectivity index (χ3n) is 3.81. The molecule has 3 aromatic rings. The molecule has 0 aliphatic carbocycles. The topological polar surface area (TPSA) is 93.8 Å². The fourth-order valence-electron chi connectivity index (χ4n) is 2.46. The molecule has 0 amide bonds. The van der Waals surface area contributed by atoms with Crippen molar-refractivity contribution < 1.29 is 4.92 Å². The van der Waals surface area contributed by atoms with Gasteiger partial charge in [0.15, 0.2) is 5.82 Å². The summed E-state index contributed by atoms with van der Waals surface area (Å²) in [5.41, 5.74) is 2.40. The molecule has 0 atom stereocenters. The Balaban J connectivity index is 1.80. The van der Waals surface area contributed by atoms with Gasteiger partial charge in [0.1, 0.15) is 5.82 Å². The molecule has 0 radical (unpaired) electrons. The van der Waals surface area contributed by atoms with Crippen molar-refractivity contribution in [2.24, 2.45) is 0 Å². The van der Waals surface area contributed by atoms with Gasteiger partial charge < -0.3 is 5.32 Å². The van der Waals surface area contributed by atoms with E-state index in [0.717, 1.165) is 16.4 Å². The lowest BCUT2D eigenvalue weighted by Gasteiger charge is -2.13. The summed E-state index contributed by atoms with van der Waals surface area (Å²) in [4.78, 5) is 24.2. The summed E-state index contributed by atoms with van der Waals surface area (Å²) < 4.78 is 0. The number of nitrogens with one attached hydrogen (secondary N) is 1. The molecule has 0 bridgehead atoms. The number of nitro benzene ring substituents is 1. The van der Waals surface area contributed by atoms with Crippen LogP contribution in [0.4, 0.5) is 11.5 Å². The van der Waals surface area contributed by atoms with Crippen LogP contribution in [0.2, 0.25) is 0 Å². The molecule has 2 heterocycles. The van der Waals surface area contributed by atoms with E-state index < -0.39 is 4.92 Å². The number of hydrogen-bond donors (Lipinski definition) is 1. The van der Waals surface area contributed by atoms with Crippen LogP contribution in [-0.2, 0) is 12.0 Å². The van der Waals surface area contributed by atoms with E-state index in [4.69, 9.17) is 0 Å². The summed E-state index contributed by atoms with van der Waals surface area (Å²) in [7, 11) is 0. The SMILES string of the molecule is Cc1cc(NCc2csc(C(C)(C)C)n2)nc(-c2cccc([N+](=O)[O-])c2)n1. The average Bonchev–Trinajstić information content (AvgIpc) is 3.09. The van der Waals surface area contributed by atoms with Gasteiger partial charge >= 0.3 is 0 Å². The molecule has 1 N–H and O–H groups in total. The van der Waals surface area contributed by atoms with Crippen LogP contribution in [0.25, 0.3) is 11.4 Å². The molecule has 2 aromatic heterocycles. The number of nitrogens with zero attached hydrogens (tertiary/aromatic N) is 4. The molecule has 0 saturated carbocycles. The molecule has 0 unspecified atom stereocenters. The molecule has 0 spiro atoms. The van der Waals surface area contributed by atoms with Crippen LogP contribution >= 0.6 is 11.3 Å². The van der Waals surface area contributed by atoms with Crippen molar-refractivity contribution in [3.63, 3.8) is 0 Å². The van der Waals surface area contributed by atoms with E-state index in [1.165, 1.54) is 12.1 Å². The Labute approximate surface area is 161 Å². The predicted octanol–water partition coefficient (Wildman–Crippen LogP) is 4.73. The van der Waals surface area contributed by atoms with Gasteiger partial charge in [0.25, 0.3) is 5.69 Å². The number of benzene rings is 1. The van der Waals surface area contributed by atoms with Gasteiger partial charge in [-0.25, -0.2) is 15.0 Å². The molecule has 0 aliphatic heterocycles. The van der Waals surface area contributed by atoms with Gasteiger partial charge in [-0.05, 0) is 6.92 Å². The molecule has 1 aromatic carbocycles. The summed E-state index contributed by atoms with van der Waals surface area (Å²) in [5.74, 6) is 1.11. The van der Waals surface area contributed by atoms with E-state index in [1.807, 2.05) is 18.4 Å². The van der Waals surface area contributed by atoms with Crippen LogP contribution in [-0.4, -0.2) is 19.9 Å². The van der Waals surface area contributed by atoms with Crippen LogP contribution in [0.3, 0.4) is 0 Å². The van der Waals surface area contributed by atoms with Crippen molar-refractivity contribution >= 4 is 22.8 Å². The third-order valence-corrected chi connectivity index (χ3v) is 5.13. The van der Waals surface area contributed by atoms with Crippen LogP contribution in [0.1, 0.15) is 37.2 Å². The highest BCUT2D eigenvalue weighted by Gasteiger charge is 2.18. The number of aryl methyl sites for hydroxylation is 1. The zero-order chi connectivity index (χ0) is 19.6. The summed E-state index contributed by atoms with van der Waals surface area (Å²) in [6.45, 7) is 8.85. The van der Waals surface area contributed by atoms with E-state index in [1.54, 1.807) is 23.5 Å². The predicted molar refractivity (Wildman–Crippen MR) is 107 cm³/mol. The second-order valence-electron chi connectivity index (χ2n) is 7.27. The zero-order valence-electron chi connectivity index (χ0n) is 15.7. The molecule has 27 heavy (non-hydrogen) atoms. The van der Waals surface area contributed by atoms with E-state index in [-0.39, 0.29) is 11.1 Å². The first-order chi connectivity index (χ1) is 12.7. The number of anilines is 1. The lowest BCUT2D eigenvalue weighted by molar-refractivity contribution is -0.384. The number of thiazole rings is 1. The molecule has 0 aliphatic rings. The summed E-state index contributed by atoms with van der Waals surface area (Å²) in [5, 5.41) is 17.4. The molecular weight excluding hydrogens is 362 g/mol. The molecule has 3 rings (SSSR count). The van der Waals surface area contributed by atoms with Crippen LogP contribution < -0.4 is 5.32 Å². The molecule has 8 heteroatoms. The molecule has 140 valence electrons. The van der Waals surface area contributed by atoms with Crippen molar-refractivity contribution in [2.45, 2.75) is 39.7 Å². The Kier molecular flexibility index (Phi) is 5.18. The fourth-order valence-corrected chi connectivity index (χ4v) is 3.37. The van der Waals surface area contributed by atoms with Crippen molar-refractivity contribution in [3.05, 3.63) is 62.2 Å². The minimum absolute atomic E-state index is 0.0179. The highest BCUT2D eigenvalue weighted by molar-refractivity contribution is 7.09. The molecular formula is C19H21N5O2S. The summed E-state index contributed by atoms with van der Waals surface area (Å²) >= 11 is 1.65. The Hall–Kier alpha value is -2.87. The Morgan fingerprint density at radius 2 is 1.96 bits per heavy atom. The largest absolute Gasteiger partial charge is 0.364 e. The second-order valence-corrected chi connectivity index (χ2v) is 8.13. The number of hydrogen-bond acceptors (Lipinski definition) is 7. The van der Waals surface area contributed by atoms with Crippen molar-refractivity contribution in [3.8, 4) is 11.4 Å². The number of nitro groups is 1. The van der Waals surface area contributed by atoms with Crippen LogP contribution in [0.15, 0.2) is 35.7 Å². The van der Waals surface area contributed by atoms with E-state index >= 15 is 0 Å². The van der Waals surface area contributed by atoms with Crippen LogP contribution in [0.5, 0.6) is 0 Å². The maximum atomic E-state index is 11.0. The first kappa shape index (κ1) is 18.9. The summed E-state index contributed by atoms with van der Waals surface area (Å²) in [6, 6.07) is 8.18. The minimum Gasteiger partial charge on any atom is -0.364 e. The normalized spacial score (nSPS) is 11.4. The smallest absolute Gasteiger partial charge is 0.270 e. The number of non-ortho nitro benzene ring substituents is 1. The lowest BCUT2D eigenvalue weighted by atomic mass is 9.98. The average molecular weight is 383 g/mol. The molecule has 0 fully saturated rings. The van der Waals surface area contributed by atoms with Crippen molar-refractivity contribution in [2.75, 3.05) is 5.32 Å².